The molecule has 35 heavy (non-hydrogen) atoms. The Balaban J connectivity index is 1.80. The van der Waals surface area contributed by atoms with Gasteiger partial charge in [-0.1, -0.05) is 23.4 Å². The molecule has 0 aliphatic carbocycles. The van der Waals surface area contributed by atoms with Crippen LogP contribution in [0.3, 0.4) is 0 Å². The van der Waals surface area contributed by atoms with Gasteiger partial charge in [-0.25, -0.2) is 9.79 Å². The van der Waals surface area contributed by atoms with Crippen LogP contribution in [0.5, 0.6) is 0 Å². The molecule has 12 heteroatoms. The quantitative estimate of drug-likeness (QED) is 0.500. The van der Waals surface area contributed by atoms with E-state index in [1.54, 1.807) is 13.8 Å². The van der Waals surface area contributed by atoms with E-state index in [0.717, 1.165) is 23.9 Å². The van der Waals surface area contributed by atoms with Gasteiger partial charge in [-0.05, 0) is 56.3 Å². The lowest BCUT2D eigenvalue weighted by Crippen LogP contribution is -2.45. The van der Waals surface area contributed by atoms with E-state index in [4.69, 9.17) is 16.3 Å². The lowest BCUT2D eigenvalue weighted by molar-refractivity contribution is -0.137. The monoisotopic (exact) mass is 527 g/mol. The highest BCUT2D eigenvalue weighted by Gasteiger charge is 2.36. The standard InChI is InChI=1S/C23H21ClF3N3O4S/c1-3-30-19(31)12-18(20(32)28-14-7-5-13(6-8-14)21(33)34-4-2)35-22(30)29-15-9-10-17(24)16(11-15)23(25,26)27/h5-11,18H,3-4,12H2,1-2H3,(H,28,32). The molecule has 1 N–H and O–H groups in total. The van der Waals surface area contributed by atoms with Crippen LogP contribution in [0, 0.1) is 0 Å². The second-order valence-electron chi connectivity index (χ2n) is 7.29. The van der Waals surface area contributed by atoms with Gasteiger partial charge in [0.25, 0.3) is 0 Å². The maximum Gasteiger partial charge on any atom is 0.417 e. The molecule has 7 nitrogen and oxygen atoms in total. The van der Waals surface area contributed by atoms with Crippen molar-refractivity contribution in [2.24, 2.45) is 4.99 Å². The number of anilines is 1. The van der Waals surface area contributed by atoms with Gasteiger partial charge in [-0.2, -0.15) is 13.2 Å². The molecular formula is C23H21ClF3N3O4S. The number of hydrogen-bond donors (Lipinski definition) is 1. The SMILES string of the molecule is CCOC(=O)c1ccc(NC(=O)C2CC(=O)N(CC)C(=Nc3ccc(Cl)c(C(F)(F)F)c3)S2)cc1. The Morgan fingerprint density at radius 3 is 2.49 bits per heavy atom. The number of halogens is 4. The zero-order chi connectivity index (χ0) is 25.8. The van der Waals surface area contributed by atoms with Crippen LogP contribution < -0.4 is 5.32 Å². The van der Waals surface area contributed by atoms with E-state index >= 15 is 0 Å². The highest BCUT2D eigenvalue weighted by atomic mass is 35.5. The molecule has 2 amide bonds. The largest absolute Gasteiger partial charge is 0.462 e. The van der Waals surface area contributed by atoms with Crippen molar-refractivity contribution in [3.63, 3.8) is 0 Å². The Kier molecular flexibility index (Phi) is 8.44. The first-order valence-corrected chi connectivity index (χ1v) is 11.8. The van der Waals surface area contributed by atoms with E-state index in [9.17, 15) is 27.6 Å². The number of hydrogen-bond acceptors (Lipinski definition) is 6. The predicted octanol–water partition coefficient (Wildman–Crippen LogP) is 5.52. The van der Waals surface area contributed by atoms with Crippen LogP contribution in [-0.2, 0) is 20.5 Å². The molecule has 3 rings (SSSR count). The fraction of sp³-hybridized carbons (Fsp3) is 0.304. The summed E-state index contributed by atoms with van der Waals surface area (Å²) < 4.78 is 44.6. The van der Waals surface area contributed by atoms with Crippen molar-refractivity contribution in [1.29, 1.82) is 0 Å². The number of benzene rings is 2. The molecule has 0 aromatic heterocycles. The molecule has 1 saturated heterocycles. The van der Waals surface area contributed by atoms with Crippen LogP contribution in [-0.4, -0.2) is 46.3 Å². The smallest absolute Gasteiger partial charge is 0.417 e. The minimum Gasteiger partial charge on any atom is -0.462 e. The molecule has 186 valence electrons. The topological polar surface area (TPSA) is 88.1 Å². The lowest BCUT2D eigenvalue weighted by Gasteiger charge is -2.31. The number of thioether (sulfide) groups is 1. The van der Waals surface area contributed by atoms with Crippen LogP contribution >= 0.6 is 23.4 Å². The van der Waals surface area contributed by atoms with Crippen molar-refractivity contribution in [2.75, 3.05) is 18.5 Å². The van der Waals surface area contributed by atoms with Gasteiger partial charge in [0.15, 0.2) is 5.17 Å². The summed E-state index contributed by atoms with van der Waals surface area (Å²) >= 11 is 6.65. The second-order valence-corrected chi connectivity index (χ2v) is 8.87. The Bertz CT molecular complexity index is 1160. The van der Waals surface area contributed by atoms with E-state index in [0.29, 0.717) is 11.3 Å². The van der Waals surface area contributed by atoms with Crippen LogP contribution in [0.25, 0.3) is 0 Å². The number of amides is 2. The molecule has 1 aliphatic heterocycles. The van der Waals surface area contributed by atoms with Crippen molar-refractivity contribution in [2.45, 2.75) is 31.7 Å². The third-order valence-electron chi connectivity index (χ3n) is 4.89. The summed E-state index contributed by atoms with van der Waals surface area (Å²) in [6.07, 6.45) is -4.78. The average molecular weight is 528 g/mol. The third kappa shape index (κ3) is 6.55. The molecular weight excluding hydrogens is 507 g/mol. The maximum atomic E-state index is 13.2. The van der Waals surface area contributed by atoms with Crippen molar-refractivity contribution < 1.29 is 32.3 Å². The summed E-state index contributed by atoms with van der Waals surface area (Å²) in [6.45, 7) is 3.85. The zero-order valence-corrected chi connectivity index (χ0v) is 20.3. The van der Waals surface area contributed by atoms with Crippen LogP contribution in [0.15, 0.2) is 47.5 Å². The Hall–Kier alpha value is -3.05. The maximum absolute atomic E-state index is 13.2. The third-order valence-corrected chi connectivity index (χ3v) is 6.41. The number of nitrogens with zero attached hydrogens (tertiary/aromatic N) is 2. The van der Waals surface area contributed by atoms with Crippen LogP contribution in [0.1, 0.15) is 36.2 Å². The number of ether oxygens (including phenoxy) is 1. The van der Waals surface area contributed by atoms with E-state index in [2.05, 4.69) is 10.3 Å². The minimum atomic E-state index is -4.67. The van der Waals surface area contributed by atoms with Crippen molar-refractivity contribution in [1.82, 2.24) is 4.90 Å². The summed E-state index contributed by atoms with van der Waals surface area (Å²) in [5.41, 5.74) is -0.371. The van der Waals surface area contributed by atoms with Gasteiger partial charge < -0.3 is 10.1 Å². The Labute approximate surface area is 208 Å². The molecule has 1 heterocycles. The molecule has 0 bridgehead atoms. The van der Waals surface area contributed by atoms with Crippen molar-refractivity contribution in [3.8, 4) is 0 Å². The summed E-state index contributed by atoms with van der Waals surface area (Å²) in [4.78, 5) is 42.8. The Morgan fingerprint density at radius 1 is 1.20 bits per heavy atom. The number of aliphatic imine (C=N–C) groups is 1. The molecule has 1 fully saturated rings. The average Bonchev–Trinajstić information content (AvgIpc) is 2.80. The van der Waals surface area contributed by atoms with E-state index in [1.807, 2.05) is 0 Å². The van der Waals surface area contributed by atoms with E-state index in [-0.39, 0.29) is 36.3 Å². The number of carbonyl (C=O) groups excluding carboxylic acids is 3. The second kappa shape index (κ2) is 11.1. The molecule has 1 aliphatic rings. The fourth-order valence-corrected chi connectivity index (χ4v) is 4.58. The van der Waals surface area contributed by atoms with Gasteiger partial charge in [0.05, 0.1) is 28.4 Å². The highest BCUT2D eigenvalue weighted by Crippen LogP contribution is 2.38. The molecule has 0 saturated carbocycles. The van der Waals surface area contributed by atoms with Crippen LogP contribution in [0.4, 0.5) is 24.5 Å². The minimum absolute atomic E-state index is 0.0499. The lowest BCUT2D eigenvalue weighted by atomic mass is 10.2. The summed E-state index contributed by atoms with van der Waals surface area (Å²) in [6, 6.07) is 9.23. The number of nitrogens with one attached hydrogen (secondary N) is 1. The number of esters is 1. The number of carbonyl (C=O) groups is 3. The number of rotatable bonds is 6. The summed E-state index contributed by atoms with van der Waals surface area (Å²) in [5, 5.41) is 1.47. The summed E-state index contributed by atoms with van der Waals surface area (Å²) in [5.74, 6) is -1.36. The first-order valence-electron chi connectivity index (χ1n) is 10.5. The van der Waals surface area contributed by atoms with Crippen LogP contribution in [0.2, 0.25) is 5.02 Å². The predicted molar refractivity (Wildman–Crippen MR) is 128 cm³/mol. The van der Waals surface area contributed by atoms with E-state index < -0.39 is 33.9 Å². The van der Waals surface area contributed by atoms with E-state index in [1.165, 1.54) is 35.2 Å². The summed E-state index contributed by atoms with van der Waals surface area (Å²) in [7, 11) is 0. The zero-order valence-electron chi connectivity index (χ0n) is 18.7. The fourth-order valence-electron chi connectivity index (χ4n) is 3.19. The molecule has 1 atom stereocenters. The molecule has 2 aromatic carbocycles. The van der Waals surface area contributed by atoms with Gasteiger partial charge in [-0.15, -0.1) is 0 Å². The first kappa shape index (κ1) is 26.6. The normalized spacial score (nSPS) is 17.4. The molecule has 1 unspecified atom stereocenters. The Morgan fingerprint density at radius 2 is 1.89 bits per heavy atom. The van der Waals surface area contributed by atoms with Gasteiger partial charge in [-0.3, -0.25) is 14.5 Å². The number of alkyl halides is 3. The van der Waals surface area contributed by atoms with Gasteiger partial charge in [0.2, 0.25) is 11.8 Å². The molecule has 0 radical (unpaired) electrons. The first-order chi connectivity index (χ1) is 16.5. The molecule has 2 aromatic rings. The van der Waals surface area contributed by atoms with Crippen molar-refractivity contribution in [3.05, 3.63) is 58.6 Å². The number of amidine groups is 1. The van der Waals surface area contributed by atoms with Crippen molar-refractivity contribution >= 4 is 57.7 Å². The molecule has 0 spiro atoms. The van der Waals surface area contributed by atoms with Gasteiger partial charge in [0.1, 0.15) is 5.25 Å². The van der Waals surface area contributed by atoms with Gasteiger partial charge in [0, 0.05) is 18.7 Å². The highest BCUT2D eigenvalue weighted by molar-refractivity contribution is 8.15. The van der Waals surface area contributed by atoms with Gasteiger partial charge >= 0.3 is 12.1 Å².